The van der Waals surface area contributed by atoms with Crippen LogP contribution in [0.1, 0.15) is 25.4 Å². The second-order valence-corrected chi connectivity index (χ2v) is 4.20. The van der Waals surface area contributed by atoms with E-state index in [1.54, 1.807) is 13.0 Å². The summed E-state index contributed by atoms with van der Waals surface area (Å²) >= 11 is 0. The topological polar surface area (TPSA) is 80.9 Å². The van der Waals surface area contributed by atoms with E-state index in [2.05, 4.69) is 15.3 Å². The fourth-order valence-corrected chi connectivity index (χ4v) is 1.29. The number of rotatable bonds is 3. The van der Waals surface area contributed by atoms with Crippen LogP contribution in [-0.2, 0) is 4.79 Å². The first-order valence-corrected chi connectivity index (χ1v) is 5.29. The van der Waals surface area contributed by atoms with Crippen LogP contribution in [0.15, 0.2) is 6.07 Å². The summed E-state index contributed by atoms with van der Waals surface area (Å²) < 4.78 is 0. The molecule has 0 aromatic carbocycles. The largest absolute Gasteiger partial charge is 0.320 e. The zero-order valence-electron chi connectivity index (χ0n) is 10.1. The van der Waals surface area contributed by atoms with E-state index in [1.165, 1.54) is 0 Å². The number of nitrogens with one attached hydrogen (secondary N) is 1. The Bertz CT molecular complexity index is 369. The predicted octanol–water partition coefficient (Wildman–Crippen LogP) is 1.02. The lowest BCUT2D eigenvalue weighted by molar-refractivity contribution is -0.118. The Hall–Kier alpha value is -1.49. The molecule has 1 amide bonds. The molecule has 0 spiro atoms. The normalized spacial score (nSPS) is 12.6. The molecule has 1 heterocycles. The molecule has 0 aliphatic carbocycles. The third kappa shape index (κ3) is 3.27. The number of nitrogens with zero attached hydrogens (tertiary/aromatic N) is 2. The SMILES string of the molecule is Cc1cc(NC(=O)[C@@H](N)C(C)C)nc(C)n1. The molecule has 5 nitrogen and oxygen atoms in total. The first kappa shape index (κ1) is 12.6. The molecule has 0 saturated carbocycles. The van der Waals surface area contributed by atoms with Gasteiger partial charge in [0, 0.05) is 11.8 Å². The molecule has 1 atom stereocenters. The average Bonchev–Trinajstić information content (AvgIpc) is 2.14. The highest BCUT2D eigenvalue weighted by molar-refractivity contribution is 5.94. The number of aromatic nitrogens is 2. The number of anilines is 1. The second kappa shape index (κ2) is 5.03. The van der Waals surface area contributed by atoms with Crippen LogP contribution in [0.2, 0.25) is 0 Å². The summed E-state index contributed by atoms with van der Waals surface area (Å²) in [5.74, 6) is 1.02. The Morgan fingerprint density at radius 1 is 1.38 bits per heavy atom. The molecule has 0 fully saturated rings. The molecular formula is C11H18N4O. The highest BCUT2D eigenvalue weighted by atomic mass is 16.2. The van der Waals surface area contributed by atoms with Gasteiger partial charge in [-0.1, -0.05) is 13.8 Å². The van der Waals surface area contributed by atoms with Gasteiger partial charge in [0.1, 0.15) is 11.6 Å². The van der Waals surface area contributed by atoms with Crippen LogP contribution in [-0.4, -0.2) is 21.9 Å². The second-order valence-electron chi connectivity index (χ2n) is 4.20. The van der Waals surface area contributed by atoms with Crippen LogP contribution < -0.4 is 11.1 Å². The standard InChI is InChI=1S/C11H18N4O/c1-6(2)10(12)11(16)15-9-5-7(3)13-8(4)14-9/h5-6,10H,12H2,1-4H3,(H,13,14,15,16)/t10-/m0/s1. The minimum Gasteiger partial charge on any atom is -0.320 e. The van der Waals surface area contributed by atoms with E-state index in [0.717, 1.165) is 5.69 Å². The average molecular weight is 222 g/mol. The molecule has 0 aliphatic heterocycles. The number of amides is 1. The quantitative estimate of drug-likeness (QED) is 0.800. The molecule has 1 aromatic heterocycles. The number of hydrogen-bond donors (Lipinski definition) is 2. The van der Waals surface area contributed by atoms with Gasteiger partial charge in [0.05, 0.1) is 6.04 Å². The number of nitrogens with two attached hydrogens (primary N) is 1. The van der Waals surface area contributed by atoms with E-state index in [9.17, 15) is 4.79 Å². The maximum absolute atomic E-state index is 11.7. The number of carbonyl (C=O) groups is 1. The first-order chi connectivity index (χ1) is 7.40. The van der Waals surface area contributed by atoms with Crippen molar-refractivity contribution in [3.63, 3.8) is 0 Å². The number of aryl methyl sites for hydroxylation is 2. The van der Waals surface area contributed by atoms with E-state index in [4.69, 9.17) is 5.73 Å². The molecule has 1 rings (SSSR count). The monoisotopic (exact) mass is 222 g/mol. The van der Waals surface area contributed by atoms with E-state index < -0.39 is 6.04 Å². The fourth-order valence-electron chi connectivity index (χ4n) is 1.29. The summed E-state index contributed by atoms with van der Waals surface area (Å²) in [6.07, 6.45) is 0. The lowest BCUT2D eigenvalue weighted by atomic mass is 10.1. The molecule has 0 radical (unpaired) electrons. The predicted molar refractivity (Wildman–Crippen MR) is 62.9 cm³/mol. The van der Waals surface area contributed by atoms with Gasteiger partial charge >= 0.3 is 0 Å². The van der Waals surface area contributed by atoms with Crippen molar-refractivity contribution >= 4 is 11.7 Å². The minimum absolute atomic E-state index is 0.101. The molecule has 3 N–H and O–H groups in total. The van der Waals surface area contributed by atoms with Gasteiger partial charge in [-0.3, -0.25) is 4.79 Å². The van der Waals surface area contributed by atoms with Gasteiger partial charge in [0.2, 0.25) is 5.91 Å². The zero-order chi connectivity index (χ0) is 12.3. The molecular weight excluding hydrogens is 204 g/mol. The van der Waals surface area contributed by atoms with Crippen molar-refractivity contribution in [1.82, 2.24) is 9.97 Å². The Balaban J connectivity index is 2.77. The van der Waals surface area contributed by atoms with Crippen molar-refractivity contribution in [1.29, 1.82) is 0 Å². The van der Waals surface area contributed by atoms with E-state index in [0.29, 0.717) is 11.6 Å². The summed E-state index contributed by atoms with van der Waals surface area (Å²) in [7, 11) is 0. The Morgan fingerprint density at radius 3 is 2.50 bits per heavy atom. The molecule has 0 bridgehead atoms. The number of carbonyl (C=O) groups excluding carboxylic acids is 1. The third-order valence-electron chi connectivity index (χ3n) is 2.24. The van der Waals surface area contributed by atoms with Gasteiger partial charge in [0.25, 0.3) is 0 Å². The van der Waals surface area contributed by atoms with Crippen molar-refractivity contribution in [3.8, 4) is 0 Å². The van der Waals surface area contributed by atoms with E-state index >= 15 is 0 Å². The van der Waals surface area contributed by atoms with Crippen LogP contribution in [0.3, 0.4) is 0 Å². The lowest BCUT2D eigenvalue weighted by Crippen LogP contribution is -2.40. The smallest absolute Gasteiger partial charge is 0.242 e. The van der Waals surface area contributed by atoms with Crippen LogP contribution in [0.4, 0.5) is 5.82 Å². The van der Waals surface area contributed by atoms with Crippen LogP contribution in [0.5, 0.6) is 0 Å². The molecule has 1 aromatic rings. The zero-order valence-corrected chi connectivity index (χ0v) is 10.1. The van der Waals surface area contributed by atoms with Crippen LogP contribution in [0.25, 0.3) is 0 Å². The molecule has 0 unspecified atom stereocenters. The Morgan fingerprint density at radius 2 is 2.00 bits per heavy atom. The summed E-state index contributed by atoms with van der Waals surface area (Å²) in [5.41, 5.74) is 6.55. The van der Waals surface area contributed by atoms with Gasteiger partial charge in [-0.2, -0.15) is 0 Å². The highest BCUT2D eigenvalue weighted by Crippen LogP contribution is 2.07. The molecule has 0 aliphatic rings. The lowest BCUT2D eigenvalue weighted by Gasteiger charge is -2.15. The summed E-state index contributed by atoms with van der Waals surface area (Å²) in [6.45, 7) is 7.44. The van der Waals surface area contributed by atoms with Crippen LogP contribution >= 0.6 is 0 Å². The summed E-state index contributed by atoms with van der Waals surface area (Å²) in [5, 5.41) is 2.69. The molecule has 88 valence electrons. The van der Waals surface area contributed by atoms with Crippen molar-refractivity contribution in [2.24, 2.45) is 11.7 Å². The molecule has 5 heteroatoms. The Labute approximate surface area is 95.5 Å². The van der Waals surface area contributed by atoms with Gasteiger partial charge in [-0.15, -0.1) is 0 Å². The molecule has 0 saturated heterocycles. The highest BCUT2D eigenvalue weighted by Gasteiger charge is 2.17. The van der Waals surface area contributed by atoms with Gasteiger partial charge in [-0.25, -0.2) is 9.97 Å². The third-order valence-corrected chi connectivity index (χ3v) is 2.24. The van der Waals surface area contributed by atoms with Gasteiger partial charge in [0.15, 0.2) is 0 Å². The van der Waals surface area contributed by atoms with Crippen molar-refractivity contribution < 1.29 is 4.79 Å². The van der Waals surface area contributed by atoms with E-state index in [-0.39, 0.29) is 11.8 Å². The maximum atomic E-state index is 11.7. The maximum Gasteiger partial charge on any atom is 0.242 e. The van der Waals surface area contributed by atoms with Gasteiger partial charge in [-0.05, 0) is 19.8 Å². The number of hydrogen-bond acceptors (Lipinski definition) is 4. The first-order valence-electron chi connectivity index (χ1n) is 5.29. The summed E-state index contributed by atoms with van der Waals surface area (Å²) in [4.78, 5) is 19.9. The van der Waals surface area contributed by atoms with E-state index in [1.807, 2.05) is 20.8 Å². The summed E-state index contributed by atoms with van der Waals surface area (Å²) in [6, 6.07) is 1.20. The van der Waals surface area contributed by atoms with Crippen molar-refractivity contribution in [2.45, 2.75) is 33.7 Å². The molecule has 16 heavy (non-hydrogen) atoms. The fraction of sp³-hybridized carbons (Fsp3) is 0.545. The van der Waals surface area contributed by atoms with Crippen molar-refractivity contribution in [3.05, 3.63) is 17.6 Å². The van der Waals surface area contributed by atoms with Crippen molar-refractivity contribution in [2.75, 3.05) is 5.32 Å². The van der Waals surface area contributed by atoms with Crippen LogP contribution in [0, 0.1) is 19.8 Å². The van der Waals surface area contributed by atoms with Gasteiger partial charge < -0.3 is 11.1 Å². The minimum atomic E-state index is -0.518. The Kier molecular flexibility index (Phi) is 3.95.